The lowest BCUT2D eigenvalue weighted by atomic mass is 10.0. The second kappa shape index (κ2) is 45.2. The van der Waals surface area contributed by atoms with Gasteiger partial charge in [-0.3, -0.25) is 77.1 Å². The molecule has 2 fully saturated rings. The number of nitrogens with one attached hydrogen (secondary N) is 6. The van der Waals surface area contributed by atoms with Crippen molar-refractivity contribution in [3.05, 3.63) is 70.8 Å². The van der Waals surface area contributed by atoms with Gasteiger partial charge in [-0.25, -0.2) is 4.79 Å². The van der Waals surface area contributed by atoms with E-state index in [0.29, 0.717) is 54.7 Å². The van der Waals surface area contributed by atoms with Gasteiger partial charge in [0, 0.05) is 120 Å². The number of aliphatic carboxylic acids is 4. The number of primary amides is 1. The van der Waals surface area contributed by atoms with Crippen LogP contribution in [-0.2, 0) is 81.2 Å². The van der Waals surface area contributed by atoms with Crippen LogP contribution in [0, 0.1) is 0 Å². The Morgan fingerprint density at radius 2 is 1.10 bits per heavy atom. The van der Waals surface area contributed by atoms with Crippen molar-refractivity contribution in [2.45, 2.75) is 126 Å². The topological polar surface area (TPSA) is 420 Å². The molecule has 0 aliphatic carbocycles. The number of benzene rings is 2. The summed E-state index contributed by atoms with van der Waals surface area (Å²) in [4.78, 5) is 177. The number of rotatable bonds is 42. The van der Waals surface area contributed by atoms with E-state index in [9.17, 15) is 82.8 Å². The molecule has 30 nitrogen and oxygen atoms in total. The summed E-state index contributed by atoms with van der Waals surface area (Å²) in [6.45, 7) is 6.45. The largest absolute Gasteiger partial charge is 0.481 e. The number of nitrogens with two attached hydrogens (primary N) is 1. The number of Topliss-reactive ketones (excluding diaryl/α,β-unsaturated/α-hetero) is 1. The third kappa shape index (κ3) is 32.9. The van der Waals surface area contributed by atoms with Gasteiger partial charge in [0.05, 0.1) is 45.2 Å². The summed E-state index contributed by atoms with van der Waals surface area (Å²) in [5.41, 5.74) is 8.96. The molecule has 12 N–H and O–H groups in total. The number of thioether (sulfide) groups is 3. The van der Waals surface area contributed by atoms with Crippen LogP contribution in [0.4, 0.5) is 4.79 Å². The molecule has 33 heteroatoms. The number of likely N-dealkylation sites (N-methyl/N-ethyl adjacent to an activating group) is 1. The highest BCUT2D eigenvalue weighted by atomic mass is 32.2. The fourth-order valence-corrected chi connectivity index (χ4v) is 13.5. The molecule has 2 saturated heterocycles. The van der Waals surface area contributed by atoms with Gasteiger partial charge in [0.2, 0.25) is 41.4 Å². The molecule has 4 rings (SSSR count). The molecule has 0 bridgehead atoms. The standard InChI is InChI=1S/C65H99N13O17S3/c1-5-7-18-68-65(95)72-52(64(94)73(4)36-56(82)78-20-11-14-53(78)63(93)69-49(6-2)61(91)70-50(15-16-54(66)80)62(92)71-51(44(3)79)34-45-12-9-8-10-13-45)43-98-42-48-32-46(40-96-29-17-57(83)84)31-47(33-48)41-97-30-19-67-55(81)35-74-21-23-75(37-58(85)86)25-27-77(39-60(89)90)28-26-76(24-22-74)38-59(87)88/h8-10,12-13,31-33,49-53H,5-7,11,14-30,34-43H2,1-4H3,(H2,66,80)(H,67,81)(H,69,93)(H,70,91)(H,71,92)(H,83,84)(H,85,86)(H,87,88)(H,89,90)(H2,68,72,95)/t49-,50-,51-,52?,53-/m0/s1. The van der Waals surface area contributed by atoms with E-state index < -0.39 is 102 Å². The van der Waals surface area contributed by atoms with E-state index in [4.69, 9.17) is 5.73 Å². The molecule has 0 saturated carbocycles. The summed E-state index contributed by atoms with van der Waals surface area (Å²) >= 11 is 4.39. The Balaban J connectivity index is 1.40. The fraction of sp³-hybridized carbons (Fsp3) is 0.615. The second-order valence-electron chi connectivity index (χ2n) is 24.2. The highest BCUT2D eigenvalue weighted by Crippen LogP contribution is 2.25. The van der Waals surface area contributed by atoms with Crippen LogP contribution in [0.2, 0.25) is 0 Å². The predicted molar refractivity (Wildman–Crippen MR) is 372 cm³/mol. The lowest BCUT2D eigenvalue weighted by molar-refractivity contribution is -0.143. The monoisotopic (exact) mass is 1430 g/mol. The van der Waals surface area contributed by atoms with Crippen molar-refractivity contribution in [2.75, 3.05) is 129 Å². The SMILES string of the molecule is CCCCNC(=O)NC(CSCc1cc(CSCCNC(=O)CN2CCN(CC(=O)O)CCN(CC(=O)O)CCN(CC(=O)O)CC2)cc(CSCCC(=O)O)c1)C(=O)N(C)CC(=O)N1CCC[C@H]1C(=O)N[C@@H](CC)C(=O)N[C@@H](CCC(N)=O)C(=O)N[C@@H](Cc1ccccc1)C(C)=O. The Labute approximate surface area is 585 Å². The number of nitrogens with zero attached hydrogens (tertiary/aromatic N) is 6. The highest BCUT2D eigenvalue weighted by Gasteiger charge is 2.38. The maximum atomic E-state index is 14.4. The van der Waals surface area contributed by atoms with Crippen LogP contribution in [0.25, 0.3) is 0 Å². The number of carbonyl (C=O) groups is 13. The van der Waals surface area contributed by atoms with Gasteiger partial charge in [-0.15, -0.1) is 0 Å². The van der Waals surface area contributed by atoms with Gasteiger partial charge < -0.3 is 67.9 Å². The van der Waals surface area contributed by atoms with Crippen molar-refractivity contribution in [2.24, 2.45) is 5.73 Å². The minimum atomic E-state index is -1.31. The second-order valence-corrected chi connectivity index (χ2v) is 27.4. The molecule has 0 radical (unpaired) electrons. The molecule has 0 aromatic heterocycles. The minimum absolute atomic E-state index is 0.0227. The molecule has 2 aliphatic rings. The number of ketones is 1. The Hall–Kier alpha value is -7.56. The molecule has 1 unspecified atom stereocenters. The van der Waals surface area contributed by atoms with Crippen molar-refractivity contribution in [3.63, 3.8) is 0 Å². The zero-order valence-corrected chi connectivity index (χ0v) is 59.0. The number of urea groups is 1. The Morgan fingerprint density at radius 3 is 1.61 bits per heavy atom. The number of hydrogen-bond acceptors (Lipinski definition) is 20. The summed E-state index contributed by atoms with van der Waals surface area (Å²) in [7, 11) is 1.42. The van der Waals surface area contributed by atoms with E-state index >= 15 is 0 Å². The van der Waals surface area contributed by atoms with Gasteiger partial charge in [0.1, 0.15) is 24.2 Å². The van der Waals surface area contributed by atoms with Crippen molar-refractivity contribution in [1.29, 1.82) is 0 Å². The van der Waals surface area contributed by atoms with Crippen LogP contribution in [0.15, 0.2) is 48.5 Å². The maximum Gasteiger partial charge on any atom is 0.317 e. The molecular formula is C65H99N13O17S3. The van der Waals surface area contributed by atoms with Crippen molar-refractivity contribution in [1.82, 2.24) is 61.3 Å². The zero-order chi connectivity index (χ0) is 72.1. The van der Waals surface area contributed by atoms with Crippen LogP contribution >= 0.6 is 35.3 Å². The first kappa shape index (κ1) is 82.9. The van der Waals surface area contributed by atoms with Gasteiger partial charge in [-0.05, 0) is 67.7 Å². The molecule has 2 aromatic rings. The van der Waals surface area contributed by atoms with Gasteiger partial charge >= 0.3 is 29.9 Å². The van der Waals surface area contributed by atoms with E-state index in [-0.39, 0.29) is 141 Å². The molecule has 5 atom stereocenters. The molecule has 2 aliphatic heterocycles. The first-order chi connectivity index (χ1) is 46.7. The highest BCUT2D eigenvalue weighted by molar-refractivity contribution is 7.99. The van der Waals surface area contributed by atoms with E-state index in [2.05, 4.69) is 31.9 Å². The summed E-state index contributed by atoms with van der Waals surface area (Å²) in [5, 5.41) is 54.5. The smallest absolute Gasteiger partial charge is 0.317 e. The molecule has 98 heavy (non-hydrogen) atoms. The van der Waals surface area contributed by atoms with Crippen LogP contribution in [0.1, 0.15) is 94.4 Å². The van der Waals surface area contributed by atoms with Gasteiger partial charge in [0.25, 0.3) is 0 Å². The van der Waals surface area contributed by atoms with Crippen LogP contribution in [0.3, 0.4) is 0 Å². The predicted octanol–water partition coefficient (Wildman–Crippen LogP) is 0.331. The summed E-state index contributed by atoms with van der Waals surface area (Å²) < 4.78 is 0. The third-order valence-corrected chi connectivity index (χ3v) is 19.3. The number of amides is 9. The Morgan fingerprint density at radius 1 is 0.582 bits per heavy atom. The normalized spacial score (nSPS) is 16.3. The molecular weight excluding hydrogens is 1330 g/mol. The van der Waals surface area contributed by atoms with E-state index in [1.807, 2.05) is 36.1 Å². The van der Waals surface area contributed by atoms with E-state index in [1.54, 1.807) is 57.7 Å². The van der Waals surface area contributed by atoms with E-state index in [1.165, 1.54) is 47.3 Å². The molecule has 2 heterocycles. The Bertz CT molecular complexity index is 2960. The molecule has 544 valence electrons. The van der Waals surface area contributed by atoms with Crippen molar-refractivity contribution >= 4 is 112 Å². The number of hydrogen-bond donors (Lipinski definition) is 11. The van der Waals surface area contributed by atoms with Gasteiger partial charge in [-0.1, -0.05) is 68.8 Å². The average Bonchev–Trinajstić information content (AvgIpc) is 1.63. The number of carbonyl (C=O) groups excluding carboxylic acids is 9. The number of unbranched alkanes of at least 4 members (excludes halogenated alkanes) is 1. The number of likely N-dealkylation sites (tertiary alicyclic amines) is 1. The Kier molecular flexibility index (Phi) is 38.2. The quantitative estimate of drug-likeness (QED) is 0.0399. The molecule has 9 amide bonds. The van der Waals surface area contributed by atoms with Crippen LogP contribution in [0.5, 0.6) is 0 Å². The summed E-state index contributed by atoms with van der Waals surface area (Å²) in [5.74, 6) is -6.30. The summed E-state index contributed by atoms with van der Waals surface area (Å²) in [6.07, 6.45) is 1.91. The minimum Gasteiger partial charge on any atom is -0.481 e. The molecule has 0 spiro atoms. The first-order valence-electron chi connectivity index (χ1n) is 32.9. The number of carboxylic acids is 4. The zero-order valence-electron chi connectivity index (χ0n) is 56.5. The lowest BCUT2D eigenvalue weighted by Gasteiger charge is -2.32. The lowest BCUT2D eigenvalue weighted by Crippen LogP contribution is -2.58. The maximum absolute atomic E-state index is 14.4. The van der Waals surface area contributed by atoms with Crippen LogP contribution in [-0.4, -0.2) is 286 Å². The number of carboxylic acid groups (broad SMARTS) is 4. The summed E-state index contributed by atoms with van der Waals surface area (Å²) in [6, 6.07) is 8.86. The first-order valence-corrected chi connectivity index (χ1v) is 36.4. The van der Waals surface area contributed by atoms with Crippen molar-refractivity contribution < 1.29 is 82.8 Å². The van der Waals surface area contributed by atoms with Crippen molar-refractivity contribution in [3.8, 4) is 0 Å². The fourth-order valence-electron chi connectivity index (χ4n) is 10.8. The van der Waals surface area contributed by atoms with Gasteiger partial charge in [0.15, 0.2) is 5.78 Å². The molecule has 2 aromatic carbocycles. The van der Waals surface area contributed by atoms with E-state index in [0.717, 1.165) is 28.7 Å². The third-order valence-electron chi connectivity index (χ3n) is 16.1. The van der Waals surface area contributed by atoms with Crippen LogP contribution < -0.4 is 37.6 Å². The average molecular weight is 1430 g/mol. The van der Waals surface area contributed by atoms with Gasteiger partial charge in [-0.2, -0.15) is 35.3 Å².